The van der Waals surface area contributed by atoms with Gasteiger partial charge in [0.1, 0.15) is 11.5 Å². The number of nitrogens with zero attached hydrogens (tertiary/aromatic N) is 1. The number of carbonyl (C=O) groups excluding carboxylic acids is 1. The summed E-state index contributed by atoms with van der Waals surface area (Å²) < 4.78 is 1.08. The Kier molecular flexibility index (Phi) is 3.91. The zero-order chi connectivity index (χ0) is 13.0. The number of nitrogens with two attached hydrogens (primary N) is 1. The van der Waals surface area contributed by atoms with E-state index < -0.39 is 11.2 Å². The van der Waals surface area contributed by atoms with Crippen molar-refractivity contribution in [3.8, 4) is 0 Å². The van der Waals surface area contributed by atoms with Crippen molar-refractivity contribution >= 4 is 17.4 Å². The molecule has 1 aromatic rings. The second kappa shape index (κ2) is 5.19. The molecule has 1 amide bonds. The van der Waals surface area contributed by atoms with Crippen LogP contribution in [-0.2, 0) is 11.8 Å². The number of hydrogen-bond donors (Lipinski definition) is 4. The summed E-state index contributed by atoms with van der Waals surface area (Å²) in [7, 11) is 1.42. The Balaban J connectivity index is 2.93. The molecule has 0 unspecified atom stereocenters. The number of hydrogen-bond acceptors (Lipinski definition) is 5. The van der Waals surface area contributed by atoms with Crippen LogP contribution in [0.5, 0.6) is 0 Å². The number of nitrogens with one attached hydrogen (secondary N) is 3. The maximum absolute atomic E-state index is 11.4. The van der Waals surface area contributed by atoms with Gasteiger partial charge in [-0.15, -0.1) is 0 Å². The number of anilines is 2. The van der Waals surface area contributed by atoms with Crippen molar-refractivity contribution in [2.45, 2.75) is 6.92 Å². The third-order valence-corrected chi connectivity index (χ3v) is 2.17. The number of aromatic nitrogens is 2. The van der Waals surface area contributed by atoms with Gasteiger partial charge < -0.3 is 16.4 Å². The van der Waals surface area contributed by atoms with Gasteiger partial charge >= 0.3 is 5.69 Å². The van der Waals surface area contributed by atoms with E-state index in [4.69, 9.17) is 5.73 Å². The highest BCUT2D eigenvalue weighted by Crippen LogP contribution is 2.07. The lowest BCUT2D eigenvalue weighted by Gasteiger charge is -2.10. The number of amides is 1. The fourth-order valence-electron chi connectivity index (χ4n) is 1.24. The summed E-state index contributed by atoms with van der Waals surface area (Å²) in [4.78, 5) is 35.9. The summed E-state index contributed by atoms with van der Waals surface area (Å²) in [5, 5.41) is 5.15. The van der Waals surface area contributed by atoms with Crippen molar-refractivity contribution < 1.29 is 4.79 Å². The number of likely N-dealkylation sites (N-methyl/N-ethyl adjacent to an activating group) is 1. The maximum Gasteiger partial charge on any atom is 0.329 e. The molecule has 8 heteroatoms. The molecule has 0 aromatic carbocycles. The SMILES string of the molecule is CCNC(=O)CNc1c(N)n(C)c(=O)[nH]c1=O. The van der Waals surface area contributed by atoms with Crippen LogP contribution in [0.2, 0.25) is 0 Å². The van der Waals surface area contributed by atoms with Crippen molar-refractivity contribution in [1.82, 2.24) is 14.9 Å². The first-order valence-electron chi connectivity index (χ1n) is 5.06. The van der Waals surface area contributed by atoms with Gasteiger partial charge in [0.05, 0.1) is 6.54 Å². The smallest absolute Gasteiger partial charge is 0.329 e. The van der Waals surface area contributed by atoms with Crippen molar-refractivity contribution in [1.29, 1.82) is 0 Å². The Labute approximate surface area is 96.8 Å². The van der Waals surface area contributed by atoms with Crippen LogP contribution >= 0.6 is 0 Å². The minimum Gasteiger partial charge on any atom is -0.383 e. The van der Waals surface area contributed by atoms with Crippen LogP contribution in [0.15, 0.2) is 9.59 Å². The molecule has 0 spiro atoms. The summed E-state index contributed by atoms with van der Waals surface area (Å²) in [6, 6.07) is 0. The fourth-order valence-corrected chi connectivity index (χ4v) is 1.24. The largest absolute Gasteiger partial charge is 0.383 e. The standard InChI is InChI=1S/C9H15N5O3/c1-3-11-5(15)4-12-6-7(10)14(2)9(17)13-8(6)16/h12H,3-4,10H2,1-2H3,(H,11,15)(H,13,16,17). The molecule has 1 heterocycles. The molecule has 0 radical (unpaired) electrons. The maximum atomic E-state index is 11.4. The van der Waals surface area contributed by atoms with E-state index >= 15 is 0 Å². The highest BCUT2D eigenvalue weighted by atomic mass is 16.2. The van der Waals surface area contributed by atoms with E-state index in [0.29, 0.717) is 6.54 Å². The minimum atomic E-state index is -0.644. The van der Waals surface area contributed by atoms with Crippen molar-refractivity contribution in [3.05, 3.63) is 20.8 Å². The first kappa shape index (κ1) is 12.8. The summed E-state index contributed by atoms with van der Waals surface area (Å²) in [6.45, 7) is 2.20. The van der Waals surface area contributed by atoms with Crippen molar-refractivity contribution in [2.24, 2.45) is 7.05 Å². The molecule has 0 aliphatic rings. The average molecular weight is 241 g/mol. The van der Waals surface area contributed by atoms with Gasteiger partial charge in [-0.2, -0.15) is 0 Å². The van der Waals surface area contributed by atoms with E-state index in [1.165, 1.54) is 7.05 Å². The van der Waals surface area contributed by atoms with E-state index in [0.717, 1.165) is 4.57 Å². The zero-order valence-electron chi connectivity index (χ0n) is 9.66. The van der Waals surface area contributed by atoms with Crippen LogP contribution in [0.1, 0.15) is 6.92 Å². The van der Waals surface area contributed by atoms with E-state index in [-0.39, 0.29) is 24.0 Å². The molecular weight excluding hydrogens is 226 g/mol. The second-order valence-corrected chi connectivity index (χ2v) is 3.39. The van der Waals surface area contributed by atoms with Gasteiger partial charge in [-0.25, -0.2) is 4.79 Å². The van der Waals surface area contributed by atoms with Crippen LogP contribution in [0.3, 0.4) is 0 Å². The monoisotopic (exact) mass is 241 g/mol. The Morgan fingerprint density at radius 3 is 2.71 bits per heavy atom. The summed E-state index contributed by atoms with van der Waals surface area (Å²) in [5.41, 5.74) is 4.36. The van der Waals surface area contributed by atoms with Gasteiger partial charge in [-0.1, -0.05) is 0 Å². The van der Waals surface area contributed by atoms with Crippen LogP contribution in [0, 0.1) is 0 Å². The van der Waals surface area contributed by atoms with E-state index in [9.17, 15) is 14.4 Å². The van der Waals surface area contributed by atoms with Gasteiger partial charge in [0.2, 0.25) is 5.91 Å². The van der Waals surface area contributed by atoms with Gasteiger partial charge in [-0.3, -0.25) is 19.1 Å². The third kappa shape index (κ3) is 2.86. The molecule has 0 saturated carbocycles. The minimum absolute atomic E-state index is 0.0111. The number of rotatable bonds is 4. The molecule has 8 nitrogen and oxygen atoms in total. The molecule has 17 heavy (non-hydrogen) atoms. The predicted molar refractivity (Wildman–Crippen MR) is 63.9 cm³/mol. The predicted octanol–water partition coefficient (Wildman–Crippen LogP) is -1.80. The molecule has 5 N–H and O–H groups in total. The fraction of sp³-hybridized carbons (Fsp3) is 0.444. The number of H-pyrrole nitrogens is 1. The van der Waals surface area contributed by atoms with Crippen LogP contribution in [0.4, 0.5) is 11.5 Å². The highest BCUT2D eigenvalue weighted by molar-refractivity contribution is 5.81. The molecule has 0 saturated heterocycles. The lowest BCUT2D eigenvalue weighted by Crippen LogP contribution is -2.35. The Bertz CT molecular complexity index is 530. The molecule has 94 valence electrons. The highest BCUT2D eigenvalue weighted by Gasteiger charge is 2.10. The molecule has 0 aliphatic carbocycles. The molecule has 0 atom stereocenters. The van der Waals surface area contributed by atoms with Crippen LogP contribution < -0.4 is 27.6 Å². The lowest BCUT2D eigenvalue weighted by molar-refractivity contribution is -0.119. The van der Waals surface area contributed by atoms with E-state index in [2.05, 4.69) is 15.6 Å². The molecule has 0 bridgehead atoms. The van der Waals surface area contributed by atoms with Crippen LogP contribution in [0.25, 0.3) is 0 Å². The topological polar surface area (TPSA) is 122 Å². The van der Waals surface area contributed by atoms with E-state index in [1.807, 2.05) is 0 Å². The summed E-state index contributed by atoms with van der Waals surface area (Å²) in [6.07, 6.45) is 0. The summed E-state index contributed by atoms with van der Waals surface area (Å²) in [5.74, 6) is -0.275. The van der Waals surface area contributed by atoms with Gasteiger partial charge in [-0.05, 0) is 6.92 Å². The van der Waals surface area contributed by atoms with Gasteiger partial charge in [0.15, 0.2) is 0 Å². The third-order valence-electron chi connectivity index (χ3n) is 2.17. The molecule has 1 rings (SSSR count). The molecule has 0 aliphatic heterocycles. The average Bonchev–Trinajstić information content (AvgIpc) is 2.26. The molecular formula is C9H15N5O3. The Hall–Kier alpha value is -2.25. The van der Waals surface area contributed by atoms with Crippen LogP contribution in [-0.4, -0.2) is 28.5 Å². The quantitative estimate of drug-likeness (QED) is 0.495. The van der Waals surface area contributed by atoms with Gasteiger partial charge in [0, 0.05) is 13.6 Å². The number of aromatic amines is 1. The number of carbonyl (C=O) groups is 1. The second-order valence-electron chi connectivity index (χ2n) is 3.39. The normalized spacial score (nSPS) is 10.0. The zero-order valence-corrected chi connectivity index (χ0v) is 9.66. The summed E-state index contributed by atoms with van der Waals surface area (Å²) >= 11 is 0. The van der Waals surface area contributed by atoms with Gasteiger partial charge in [0.25, 0.3) is 5.56 Å². The Morgan fingerprint density at radius 1 is 1.47 bits per heavy atom. The first-order chi connectivity index (χ1) is 7.97. The number of nitrogen functional groups attached to an aromatic ring is 1. The lowest BCUT2D eigenvalue weighted by atomic mass is 10.4. The van der Waals surface area contributed by atoms with E-state index in [1.54, 1.807) is 6.92 Å². The van der Waals surface area contributed by atoms with Crippen molar-refractivity contribution in [2.75, 3.05) is 24.1 Å². The first-order valence-corrected chi connectivity index (χ1v) is 5.06. The molecule has 1 aromatic heterocycles. The molecule has 0 fully saturated rings. The Morgan fingerprint density at radius 2 is 2.12 bits per heavy atom. The van der Waals surface area contributed by atoms with Crippen molar-refractivity contribution in [3.63, 3.8) is 0 Å².